The van der Waals surface area contributed by atoms with Gasteiger partial charge in [0, 0.05) is 41.5 Å². The highest BCUT2D eigenvalue weighted by Crippen LogP contribution is 2.40. The Morgan fingerprint density at radius 1 is 0.434 bits per heavy atom. The van der Waals surface area contributed by atoms with Gasteiger partial charge in [0.25, 0.3) is 0 Å². The van der Waals surface area contributed by atoms with Crippen molar-refractivity contribution in [3.05, 3.63) is 117 Å². The van der Waals surface area contributed by atoms with Crippen molar-refractivity contribution >= 4 is 46.4 Å². The molecule has 7 rings (SSSR count). The number of benzene rings is 2. The summed E-state index contributed by atoms with van der Waals surface area (Å²) in [5.41, 5.74) is 15.9. The summed E-state index contributed by atoms with van der Waals surface area (Å²) in [6.07, 6.45) is 7.96. The van der Waals surface area contributed by atoms with Crippen molar-refractivity contribution in [2.24, 2.45) is 0 Å². The summed E-state index contributed by atoms with van der Waals surface area (Å²) in [7, 11) is 0. The van der Waals surface area contributed by atoms with Crippen molar-refractivity contribution < 1.29 is 2.74 Å². The second-order valence-corrected chi connectivity index (χ2v) is 19.0. The second-order valence-electron chi connectivity index (χ2n) is 19.0. The van der Waals surface area contributed by atoms with Crippen LogP contribution in [0.2, 0.25) is 0 Å². The molecule has 2 aliphatic heterocycles. The van der Waals surface area contributed by atoms with Crippen LogP contribution >= 0.6 is 0 Å². The van der Waals surface area contributed by atoms with Gasteiger partial charge in [-0.2, -0.15) is 0 Å². The first-order valence-corrected chi connectivity index (χ1v) is 18.9. The zero-order valence-electron chi connectivity index (χ0n) is 35.6. The minimum Gasteiger partial charge on any atom is -0.355 e. The van der Waals surface area contributed by atoms with Gasteiger partial charge >= 0.3 is 0 Å². The molecule has 0 atom stereocenters. The van der Waals surface area contributed by atoms with Gasteiger partial charge < -0.3 is 9.97 Å². The molecule has 4 heteroatoms. The molecule has 5 heterocycles. The van der Waals surface area contributed by atoms with Crippen LogP contribution in [-0.4, -0.2) is 19.9 Å². The van der Waals surface area contributed by atoms with Crippen molar-refractivity contribution in [1.82, 2.24) is 19.9 Å². The Hall–Kier alpha value is -4.96. The molecule has 0 radical (unpaired) electrons. The Kier molecular flexibility index (Phi) is 8.03. The summed E-state index contributed by atoms with van der Waals surface area (Å²) in [6, 6.07) is 24.5. The first kappa shape index (κ1) is 33.8. The molecule has 272 valence electrons. The molecule has 0 saturated heterocycles. The molecule has 2 N–H and O–H groups in total. The van der Waals surface area contributed by atoms with Gasteiger partial charge in [0.15, 0.2) is 0 Å². The van der Waals surface area contributed by atoms with E-state index in [1.807, 2.05) is 24.3 Å². The normalized spacial score (nSPS) is 14.2. The van der Waals surface area contributed by atoms with E-state index in [2.05, 4.69) is 160 Å². The minimum atomic E-state index is -1.30. The van der Waals surface area contributed by atoms with Gasteiger partial charge in [-0.05, 0) is 117 Å². The van der Waals surface area contributed by atoms with Crippen LogP contribution < -0.4 is 0 Å². The van der Waals surface area contributed by atoms with Gasteiger partial charge in [0.2, 0.25) is 0 Å². The summed E-state index contributed by atoms with van der Waals surface area (Å²) in [4.78, 5) is 17.9. The Morgan fingerprint density at radius 2 is 0.774 bits per heavy atom. The van der Waals surface area contributed by atoms with Crippen molar-refractivity contribution in [3.8, 4) is 22.3 Å². The molecule has 53 heavy (non-hydrogen) atoms. The van der Waals surface area contributed by atoms with Crippen LogP contribution in [0.1, 0.15) is 136 Å². The predicted molar refractivity (Wildman–Crippen MR) is 229 cm³/mol. The fourth-order valence-corrected chi connectivity index (χ4v) is 7.04. The molecular formula is C49H56N4. The van der Waals surface area contributed by atoms with Crippen LogP contribution in [0.5, 0.6) is 0 Å². The molecular weight excluding hydrogens is 645 g/mol. The number of nitrogens with one attached hydrogen (secondary N) is 2. The third-order valence-corrected chi connectivity index (χ3v) is 10.5. The zero-order chi connectivity index (χ0) is 39.8. The van der Waals surface area contributed by atoms with Gasteiger partial charge in [-0.1, -0.05) is 119 Å². The lowest BCUT2D eigenvalue weighted by atomic mass is 9.78. The summed E-state index contributed by atoms with van der Waals surface area (Å²) < 4.78 is 17.6. The third kappa shape index (κ3) is 7.21. The fourth-order valence-electron chi connectivity index (χ4n) is 7.04. The highest BCUT2D eigenvalue weighted by molar-refractivity contribution is 5.94. The standard InChI is InChI=1S/C49H56N4/c1-29-38-18-20-42(52-38)44(30-22-32(46(2,3)4)26-33(23-30)47(5,6)7)40-16-14-36(50-40)28-37-15-17-41(51-37)45(43-21-19-39(29)53-43)31-24-34(48(8,9)10)27-35(25-31)49(11,12)13/h14-28,50-51H,1-13H3/i1D2. The lowest BCUT2D eigenvalue weighted by molar-refractivity contribution is 0.568. The molecule has 2 aliphatic rings. The first-order chi connectivity index (χ1) is 25.6. The maximum Gasteiger partial charge on any atom is 0.0737 e. The van der Waals surface area contributed by atoms with Gasteiger partial charge in [0.1, 0.15) is 0 Å². The number of H-pyrrole nitrogens is 2. The smallest absolute Gasteiger partial charge is 0.0737 e. The first-order valence-electron chi connectivity index (χ1n) is 20.0. The SMILES string of the molecule is [2H]C([2H])c1c2nc(c(-c3cc(C(C)(C)C)cc(C(C)(C)C)c3)c3ccc(cc4ccc([nH]4)c(-c4cc(C(C)(C)C)cc(C(C)(C)C)c4)c4nc1C=C4)[nH]3)C=C2. The van der Waals surface area contributed by atoms with Crippen LogP contribution in [0.3, 0.4) is 0 Å². The zero-order valence-corrected chi connectivity index (χ0v) is 33.6. The van der Waals surface area contributed by atoms with Crippen molar-refractivity contribution in [3.63, 3.8) is 0 Å². The summed E-state index contributed by atoms with van der Waals surface area (Å²) >= 11 is 0. The van der Waals surface area contributed by atoms with E-state index in [1.54, 1.807) is 0 Å². The Balaban J connectivity index is 1.60. The molecule has 5 aromatic rings. The molecule has 0 aliphatic carbocycles. The lowest BCUT2D eigenvalue weighted by Crippen LogP contribution is -2.16. The largest absolute Gasteiger partial charge is 0.355 e. The topological polar surface area (TPSA) is 57.4 Å². The molecule has 0 fully saturated rings. The highest BCUT2D eigenvalue weighted by Gasteiger charge is 2.25. The number of aromatic nitrogens is 4. The van der Waals surface area contributed by atoms with E-state index in [0.717, 1.165) is 55.7 Å². The van der Waals surface area contributed by atoms with E-state index in [1.165, 1.54) is 22.3 Å². The maximum atomic E-state index is 8.79. The fraction of sp³-hybridized carbons (Fsp3) is 0.347. The van der Waals surface area contributed by atoms with E-state index in [4.69, 9.17) is 12.7 Å². The number of hydrogen-bond donors (Lipinski definition) is 2. The molecule has 3 aromatic heterocycles. The second kappa shape index (κ2) is 12.6. The van der Waals surface area contributed by atoms with Crippen LogP contribution in [0.4, 0.5) is 0 Å². The Bertz CT molecular complexity index is 2310. The van der Waals surface area contributed by atoms with Crippen LogP contribution in [0.25, 0.3) is 68.6 Å². The van der Waals surface area contributed by atoms with E-state index in [0.29, 0.717) is 17.0 Å². The quantitative estimate of drug-likeness (QED) is 0.188. The molecule has 0 unspecified atom stereocenters. The van der Waals surface area contributed by atoms with Crippen LogP contribution in [0, 0.1) is 6.88 Å². The van der Waals surface area contributed by atoms with Gasteiger partial charge in [0.05, 0.1) is 22.8 Å². The third-order valence-electron chi connectivity index (χ3n) is 10.5. The summed E-state index contributed by atoms with van der Waals surface area (Å²) in [5, 5.41) is 0. The summed E-state index contributed by atoms with van der Waals surface area (Å²) in [6.45, 7) is 25.8. The molecule has 0 saturated carbocycles. The number of rotatable bonds is 2. The van der Waals surface area contributed by atoms with E-state index in [-0.39, 0.29) is 21.7 Å². The van der Waals surface area contributed by atoms with Crippen molar-refractivity contribution in [1.29, 1.82) is 0 Å². The van der Waals surface area contributed by atoms with Crippen LogP contribution in [-0.2, 0) is 21.7 Å². The number of hydrogen-bond acceptors (Lipinski definition) is 2. The Morgan fingerprint density at radius 3 is 1.09 bits per heavy atom. The molecule has 0 spiro atoms. The molecule has 0 amide bonds. The number of nitrogens with zero attached hydrogens (tertiary/aromatic N) is 2. The van der Waals surface area contributed by atoms with E-state index >= 15 is 0 Å². The van der Waals surface area contributed by atoms with E-state index < -0.39 is 6.88 Å². The van der Waals surface area contributed by atoms with Gasteiger partial charge in [-0.25, -0.2) is 9.97 Å². The highest BCUT2D eigenvalue weighted by atomic mass is 14.8. The average Bonchev–Trinajstić information content (AvgIpc) is 3.90. The van der Waals surface area contributed by atoms with Gasteiger partial charge in [-0.15, -0.1) is 0 Å². The number of aromatic amines is 2. The van der Waals surface area contributed by atoms with Crippen LogP contribution in [0.15, 0.2) is 66.7 Å². The lowest BCUT2D eigenvalue weighted by Gasteiger charge is -2.26. The van der Waals surface area contributed by atoms with Crippen molar-refractivity contribution in [2.45, 2.75) is 112 Å². The number of fused-ring (bicyclic) bond motifs is 8. The van der Waals surface area contributed by atoms with E-state index in [9.17, 15) is 0 Å². The maximum absolute atomic E-state index is 8.79. The predicted octanol–water partition coefficient (Wildman–Crippen LogP) is 13.5. The minimum absolute atomic E-state index is 0.0660. The van der Waals surface area contributed by atoms with Gasteiger partial charge in [-0.3, -0.25) is 0 Å². The average molecular weight is 703 g/mol. The Labute approximate surface area is 319 Å². The monoisotopic (exact) mass is 702 g/mol. The summed E-state index contributed by atoms with van der Waals surface area (Å²) in [5.74, 6) is 0. The van der Waals surface area contributed by atoms with Crippen molar-refractivity contribution in [2.75, 3.05) is 0 Å². The molecule has 4 nitrogen and oxygen atoms in total. The molecule has 8 bridgehead atoms. The molecule has 2 aromatic carbocycles.